The summed E-state index contributed by atoms with van der Waals surface area (Å²) in [5, 5.41) is 3.30. The van der Waals surface area contributed by atoms with E-state index in [9.17, 15) is 4.79 Å². The maximum atomic E-state index is 13.5. The molecule has 1 atom stereocenters. The van der Waals surface area contributed by atoms with Crippen molar-refractivity contribution >= 4 is 23.1 Å². The van der Waals surface area contributed by atoms with Crippen LogP contribution in [0.5, 0.6) is 0 Å². The normalized spacial score (nSPS) is 16.4. The predicted octanol–water partition coefficient (Wildman–Crippen LogP) is 3.03. The monoisotopic (exact) mass is 435 g/mol. The highest BCUT2D eigenvalue weighted by Gasteiger charge is 2.25. The Hall–Kier alpha value is -3.13. The molecule has 0 radical (unpaired) electrons. The van der Waals surface area contributed by atoms with Crippen LogP contribution in [0.4, 0.5) is 11.9 Å². The molecular formula is C24H33N7O. The van der Waals surface area contributed by atoms with Crippen LogP contribution < -0.4 is 21.5 Å². The van der Waals surface area contributed by atoms with Crippen molar-refractivity contribution < 1.29 is 0 Å². The van der Waals surface area contributed by atoms with E-state index in [0.717, 1.165) is 37.4 Å². The Balaban J connectivity index is 1.79. The molecule has 170 valence electrons. The molecule has 1 aromatic carbocycles. The number of allylic oxidation sites excluding steroid dienone is 2. The molecule has 8 heteroatoms. The molecule has 1 aliphatic heterocycles. The number of fused-ring (bicyclic) bond motifs is 1. The second kappa shape index (κ2) is 9.16. The van der Waals surface area contributed by atoms with E-state index in [1.54, 1.807) is 11.6 Å². The van der Waals surface area contributed by atoms with Crippen LogP contribution in [-0.2, 0) is 20.1 Å². The Morgan fingerprint density at radius 2 is 1.94 bits per heavy atom. The molecule has 1 saturated heterocycles. The summed E-state index contributed by atoms with van der Waals surface area (Å²) < 4.78 is 3.60. The van der Waals surface area contributed by atoms with Crippen LogP contribution in [0.15, 0.2) is 46.3 Å². The number of hydrogen-bond acceptors (Lipinski definition) is 6. The minimum atomic E-state index is -0.104. The molecule has 0 amide bonds. The zero-order valence-corrected chi connectivity index (χ0v) is 19.4. The summed E-state index contributed by atoms with van der Waals surface area (Å²) in [4.78, 5) is 25.2. The maximum absolute atomic E-state index is 13.5. The third-order valence-corrected chi connectivity index (χ3v) is 6.25. The van der Waals surface area contributed by atoms with Gasteiger partial charge in [-0.25, -0.2) is 0 Å². The molecule has 0 bridgehead atoms. The van der Waals surface area contributed by atoms with E-state index in [2.05, 4.69) is 31.0 Å². The van der Waals surface area contributed by atoms with Gasteiger partial charge in [-0.3, -0.25) is 13.9 Å². The largest absolute Gasteiger partial charge is 0.351 e. The van der Waals surface area contributed by atoms with Crippen LogP contribution in [-0.4, -0.2) is 38.2 Å². The van der Waals surface area contributed by atoms with Crippen molar-refractivity contribution in [3.8, 4) is 0 Å². The van der Waals surface area contributed by atoms with Gasteiger partial charge in [0, 0.05) is 39.3 Å². The first-order valence-corrected chi connectivity index (χ1v) is 11.2. The lowest BCUT2D eigenvalue weighted by Crippen LogP contribution is -2.44. The Bertz CT molecular complexity index is 1190. The molecule has 1 fully saturated rings. The molecule has 0 saturated carbocycles. The van der Waals surface area contributed by atoms with Crippen LogP contribution in [0.25, 0.3) is 11.2 Å². The van der Waals surface area contributed by atoms with E-state index in [4.69, 9.17) is 15.7 Å². The van der Waals surface area contributed by atoms with Gasteiger partial charge < -0.3 is 16.0 Å². The van der Waals surface area contributed by atoms with Gasteiger partial charge in [0.05, 0.1) is 0 Å². The number of piperidine rings is 1. The Kier molecular flexibility index (Phi) is 6.32. The molecule has 8 nitrogen and oxygen atoms in total. The summed E-state index contributed by atoms with van der Waals surface area (Å²) >= 11 is 0. The zero-order valence-electron chi connectivity index (χ0n) is 19.4. The van der Waals surface area contributed by atoms with Crippen LogP contribution >= 0.6 is 0 Å². The molecule has 3 aromatic rings. The summed E-state index contributed by atoms with van der Waals surface area (Å²) in [6.07, 6.45) is 2.03. The van der Waals surface area contributed by atoms with E-state index >= 15 is 0 Å². The highest BCUT2D eigenvalue weighted by molar-refractivity contribution is 5.75. The number of nitrogens with two attached hydrogens (primary N) is 1. The zero-order chi connectivity index (χ0) is 22.8. The molecule has 1 unspecified atom stereocenters. The molecule has 1 aliphatic rings. The highest BCUT2D eigenvalue weighted by Crippen LogP contribution is 2.25. The van der Waals surface area contributed by atoms with Gasteiger partial charge in [-0.05, 0) is 39.2 Å². The number of nitrogens with one attached hydrogen (secondary N) is 1. The number of benzene rings is 1. The second-order valence-electron chi connectivity index (χ2n) is 8.94. The molecule has 32 heavy (non-hydrogen) atoms. The van der Waals surface area contributed by atoms with Crippen LogP contribution in [0.3, 0.4) is 0 Å². The van der Waals surface area contributed by atoms with E-state index in [-0.39, 0.29) is 11.6 Å². The Labute approximate surface area is 188 Å². The first-order chi connectivity index (χ1) is 15.3. The van der Waals surface area contributed by atoms with Gasteiger partial charge in [-0.15, -0.1) is 0 Å². The fourth-order valence-electron chi connectivity index (χ4n) is 4.06. The van der Waals surface area contributed by atoms with Gasteiger partial charge in [-0.1, -0.05) is 41.5 Å². The van der Waals surface area contributed by atoms with Crippen LogP contribution in [0.1, 0.15) is 39.2 Å². The quantitative estimate of drug-likeness (QED) is 0.578. The average molecular weight is 436 g/mol. The summed E-state index contributed by atoms with van der Waals surface area (Å²) in [5.74, 6) is 1.29. The second-order valence-corrected chi connectivity index (χ2v) is 8.94. The molecule has 3 N–H and O–H groups in total. The lowest BCUT2D eigenvalue weighted by molar-refractivity contribution is 0.495. The molecule has 4 rings (SSSR count). The molecule has 2 aromatic heterocycles. The van der Waals surface area contributed by atoms with Crippen LogP contribution in [0, 0.1) is 0 Å². The number of rotatable bonds is 6. The summed E-state index contributed by atoms with van der Waals surface area (Å²) in [6, 6.07) is 10.2. The highest BCUT2D eigenvalue weighted by atomic mass is 16.1. The smallest absolute Gasteiger partial charge is 0.281 e. The molecular weight excluding hydrogens is 402 g/mol. The lowest BCUT2D eigenvalue weighted by atomic mass is 10.1. The van der Waals surface area contributed by atoms with Crippen molar-refractivity contribution in [2.45, 2.75) is 52.7 Å². The lowest BCUT2D eigenvalue weighted by Gasteiger charge is -2.32. The minimum absolute atomic E-state index is 0.104. The first kappa shape index (κ1) is 22.1. The minimum Gasteiger partial charge on any atom is -0.351 e. The SMILES string of the molecule is CC(C)=C(C)Cn1c(N2CCCC(N)C2)nc2nc(NCc3ccccc3)n(C)c(=O)c21. The Morgan fingerprint density at radius 3 is 2.62 bits per heavy atom. The van der Waals surface area contributed by atoms with Crippen molar-refractivity contribution in [1.29, 1.82) is 0 Å². The maximum Gasteiger partial charge on any atom is 0.281 e. The molecule has 0 spiro atoms. The van der Waals surface area contributed by atoms with Gasteiger partial charge in [0.1, 0.15) is 0 Å². The standard InChI is InChI=1S/C24H33N7O/c1-16(2)17(3)14-31-20-21(28-24(31)30-12-8-11-19(25)15-30)27-23(29(4)22(20)32)26-13-18-9-6-5-7-10-18/h5-7,9-10,19H,8,11-15,25H2,1-4H3,(H,26,27). The van der Waals surface area contributed by atoms with E-state index in [1.165, 1.54) is 11.1 Å². The van der Waals surface area contributed by atoms with Crippen molar-refractivity contribution in [3.63, 3.8) is 0 Å². The van der Waals surface area contributed by atoms with Gasteiger partial charge in [0.15, 0.2) is 11.2 Å². The fraction of sp³-hybridized carbons (Fsp3) is 0.458. The summed E-state index contributed by atoms with van der Waals surface area (Å²) in [5.41, 5.74) is 10.7. The van der Waals surface area contributed by atoms with Gasteiger partial charge in [0.25, 0.3) is 5.56 Å². The van der Waals surface area contributed by atoms with Crippen molar-refractivity contribution in [2.24, 2.45) is 12.8 Å². The summed E-state index contributed by atoms with van der Waals surface area (Å²) in [6.45, 7) is 9.08. The van der Waals surface area contributed by atoms with E-state index in [1.807, 2.05) is 34.9 Å². The number of hydrogen-bond donors (Lipinski definition) is 2. The van der Waals surface area contributed by atoms with Crippen molar-refractivity contribution in [2.75, 3.05) is 23.3 Å². The number of anilines is 2. The number of imidazole rings is 1. The number of nitrogens with zero attached hydrogens (tertiary/aromatic N) is 5. The van der Waals surface area contributed by atoms with Gasteiger partial charge in [0.2, 0.25) is 11.9 Å². The molecule has 0 aliphatic carbocycles. The topological polar surface area (TPSA) is 94.0 Å². The molecule has 3 heterocycles. The van der Waals surface area contributed by atoms with Gasteiger partial charge in [-0.2, -0.15) is 9.97 Å². The third-order valence-electron chi connectivity index (χ3n) is 6.25. The number of aromatic nitrogens is 4. The first-order valence-electron chi connectivity index (χ1n) is 11.2. The van der Waals surface area contributed by atoms with Crippen molar-refractivity contribution in [3.05, 3.63) is 57.4 Å². The summed E-state index contributed by atoms with van der Waals surface area (Å²) in [7, 11) is 1.75. The third kappa shape index (κ3) is 4.41. The Morgan fingerprint density at radius 1 is 1.19 bits per heavy atom. The fourth-order valence-corrected chi connectivity index (χ4v) is 4.06. The van der Waals surface area contributed by atoms with E-state index < -0.39 is 0 Å². The predicted molar refractivity (Wildman–Crippen MR) is 130 cm³/mol. The average Bonchev–Trinajstić information content (AvgIpc) is 3.14. The van der Waals surface area contributed by atoms with Crippen molar-refractivity contribution in [1.82, 2.24) is 19.1 Å². The van der Waals surface area contributed by atoms with Crippen LogP contribution in [0.2, 0.25) is 0 Å². The van der Waals surface area contributed by atoms with E-state index in [0.29, 0.717) is 30.2 Å². The van der Waals surface area contributed by atoms with Gasteiger partial charge >= 0.3 is 0 Å².